The van der Waals surface area contributed by atoms with Gasteiger partial charge in [0.25, 0.3) is 0 Å². The fourth-order valence-electron chi connectivity index (χ4n) is 11.1. The SMILES string of the molecule is CC1C=c2oc3ccccc3c2=C(c2ccccc2N(c2cccc(-c3cccc4c3c3ccccc3n4-c3ccccc3)c2)c2ccccc2-c2cccc3cccc(-c4ccccc4)c23)C1. The minimum Gasteiger partial charge on any atom is -0.456 e. The maximum absolute atomic E-state index is 6.62. The van der Waals surface area contributed by atoms with E-state index in [1.807, 2.05) is 0 Å². The highest BCUT2D eigenvalue weighted by Gasteiger charge is 2.26. The first kappa shape index (κ1) is 39.7. The van der Waals surface area contributed by atoms with E-state index in [4.69, 9.17) is 4.42 Å². The highest BCUT2D eigenvalue weighted by Crippen LogP contribution is 2.48. The lowest BCUT2D eigenvalue weighted by Gasteiger charge is -2.31. The number of para-hydroxylation sites is 5. The first-order valence-corrected chi connectivity index (χ1v) is 23.6. The van der Waals surface area contributed by atoms with Crippen LogP contribution in [0.2, 0.25) is 0 Å². The summed E-state index contributed by atoms with van der Waals surface area (Å²) in [5.41, 5.74) is 18.3. The molecule has 1 atom stereocenters. The predicted octanol–water partition coefficient (Wildman–Crippen LogP) is 16.2. The summed E-state index contributed by atoms with van der Waals surface area (Å²) in [7, 11) is 0. The van der Waals surface area contributed by atoms with Crippen molar-refractivity contribution in [1.82, 2.24) is 4.57 Å². The molecule has 0 spiro atoms. The Morgan fingerprint density at radius 1 is 0.456 bits per heavy atom. The van der Waals surface area contributed by atoms with Gasteiger partial charge in [0.2, 0.25) is 0 Å². The first-order valence-electron chi connectivity index (χ1n) is 23.6. The molecule has 1 aliphatic carbocycles. The van der Waals surface area contributed by atoms with Gasteiger partial charge in [-0.2, -0.15) is 0 Å². The van der Waals surface area contributed by atoms with E-state index in [-0.39, 0.29) is 0 Å². The molecule has 1 unspecified atom stereocenters. The average Bonchev–Trinajstić information content (AvgIpc) is 3.95. The van der Waals surface area contributed by atoms with Crippen LogP contribution < -0.4 is 15.5 Å². The molecule has 10 aromatic carbocycles. The third-order valence-corrected chi connectivity index (χ3v) is 13.9. The molecule has 13 rings (SSSR count). The zero-order valence-electron chi connectivity index (χ0n) is 37.7. The van der Waals surface area contributed by atoms with Crippen LogP contribution in [-0.2, 0) is 0 Å². The Labute approximate surface area is 395 Å². The van der Waals surface area contributed by atoms with Crippen molar-refractivity contribution in [3.63, 3.8) is 0 Å². The van der Waals surface area contributed by atoms with E-state index in [0.717, 1.165) is 56.7 Å². The lowest BCUT2D eigenvalue weighted by atomic mass is 9.87. The summed E-state index contributed by atoms with van der Waals surface area (Å²) in [6, 6.07) is 86.2. The molecule has 12 aromatic rings. The molecule has 1 aliphatic rings. The van der Waals surface area contributed by atoms with Crippen LogP contribution in [0, 0.1) is 5.92 Å². The summed E-state index contributed by atoms with van der Waals surface area (Å²) >= 11 is 0. The van der Waals surface area contributed by atoms with Crippen LogP contribution >= 0.6 is 0 Å². The van der Waals surface area contributed by atoms with E-state index < -0.39 is 0 Å². The molecular weight excluding hydrogens is 825 g/mol. The lowest BCUT2D eigenvalue weighted by Crippen LogP contribution is -2.29. The molecule has 0 radical (unpaired) electrons. The number of aromatic nitrogens is 1. The molecule has 3 heteroatoms. The number of fused-ring (bicyclic) bond motifs is 7. The van der Waals surface area contributed by atoms with Gasteiger partial charge in [-0.1, -0.05) is 189 Å². The second-order valence-corrected chi connectivity index (χ2v) is 18.0. The van der Waals surface area contributed by atoms with Crippen LogP contribution in [0.4, 0.5) is 17.1 Å². The monoisotopic (exact) mass is 870 g/mol. The number of rotatable bonds is 8. The molecule has 0 saturated carbocycles. The van der Waals surface area contributed by atoms with E-state index in [2.05, 4.69) is 259 Å². The largest absolute Gasteiger partial charge is 0.456 e. The van der Waals surface area contributed by atoms with E-state index in [0.29, 0.717) is 5.92 Å². The second-order valence-electron chi connectivity index (χ2n) is 18.0. The Bertz CT molecular complexity index is 4020. The Morgan fingerprint density at radius 3 is 1.84 bits per heavy atom. The van der Waals surface area contributed by atoms with Gasteiger partial charge < -0.3 is 13.9 Å². The van der Waals surface area contributed by atoms with Crippen molar-refractivity contribution >= 4 is 72.3 Å². The van der Waals surface area contributed by atoms with Gasteiger partial charge in [-0.15, -0.1) is 0 Å². The van der Waals surface area contributed by atoms with Crippen LogP contribution in [0.5, 0.6) is 0 Å². The minimum atomic E-state index is 0.292. The van der Waals surface area contributed by atoms with Gasteiger partial charge in [-0.3, -0.25) is 0 Å². The van der Waals surface area contributed by atoms with Crippen LogP contribution in [0.15, 0.2) is 241 Å². The van der Waals surface area contributed by atoms with Crippen molar-refractivity contribution in [2.24, 2.45) is 5.92 Å². The molecule has 0 aliphatic heterocycles. The molecule has 0 amide bonds. The van der Waals surface area contributed by atoms with Crippen LogP contribution in [0.1, 0.15) is 18.9 Å². The van der Waals surface area contributed by atoms with Crippen LogP contribution in [0.25, 0.3) is 94.3 Å². The smallest absolute Gasteiger partial charge is 0.135 e. The summed E-state index contributed by atoms with van der Waals surface area (Å²) in [5.74, 6) is 0.292. The van der Waals surface area contributed by atoms with Crippen molar-refractivity contribution in [3.05, 3.63) is 253 Å². The van der Waals surface area contributed by atoms with Gasteiger partial charge >= 0.3 is 0 Å². The van der Waals surface area contributed by atoms with Gasteiger partial charge in [0.15, 0.2) is 0 Å². The molecule has 0 saturated heterocycles. The van der Waals surface area contributed by atoms with E-state index in [9.17, 15) is 0 Å². The Morgan fingerprint density at radius 2 is 1.03 bits per heavy atom. The fourth-order valence-corrected chi connectivity index (χ4v) is 11.1. The minimum absolute atomic E-state index is 0.292. The maximum Gasteiger partial charge on any atom is 0.135 e. The summed E-state index contributed by atoms with van der Waals surface area (Å²) in [6.07, 6.45) is 3.19. The van der Waals surface area contributed by atoms with E-state index in [1.54, 1.807) is 0 Å². The highest BCUT2D eigenvalue weighted by atomic mass is 16.3. The van der Waals surface area contributed by atoms with Crippen molar-refractivity contribution in [2.45, 2.75) is 13.3 Å². The molecule has 68 heavy (non-hydrogen) atoms. The molecular formula is C65H46N2O. The standard InChI is InChI=1S/C65H46N2O/c1-43-40-56(65-55-31-11-15-39-61(55)68-62(65)41-43)52-29-9-13-36-58(52)67(57-35-12-8-28-51(57)53-34-18-23-45-22-17-32-49(63(45)53)44-20-4-2-5-21-44)48-27-16-24-46(42-48)50-33-19-38-60-64(50)54-30-10-14-37-59(54)66(60)47-25-6-3-7-26-47/h2-39,41-43H,40H2,1H3. The molecule has 0 fully saturated rings. The zero-order chi connectivity index (χ0) is 45.1. The third-order valence-electron chi connectivity index (χ3n) is 13.9. The number of nitrogens with zero attached hydrogens (tertiary/aromatic N) is 2. The second kappa shape index (κ2) is 16.3. The van der Waals surface area contributed by atoms with Gasteiger partial charge in [0, 0.05) is 43.9 Å². The van der Waals surface area contributed by atoms with Gasteiger partial charge in [0.1, 0.15) is 11.0 Å². The quantitative estimate of drug-likeness (QED) is 0.152. The molecule has 0 N–H and O–H groups in total. The third kappa shape index (κ3) is 6.50. The van der Waals surface area contributed by atoms with Crippen LogP contribution in [-0.4, -0.2) is 4.57 Å². The number of benzene rings is 10. The van der Waals surface area contributed by atoms with Gasteiger partial charge in [-0.25, -0.2) is 0 Å². The number of hydrogen-bond donors (Lipinski definition) is 0. The molecule has 2 aromatic heterocycles. The summed E-state index contributed by atoms with van der Waals surface area (Å²) in [5, 5.41) is 7.25. The predicted molar refractivity (Wildman–Crippen MR) is 285 cm³/mol. The zero-order valence-corrected chi connectivity index (χ0v) is 37.7. The van der Waals surface area contributed by atoms with Crippen molar-refractivity contribution < 1.29 is 4.42 Å². The summed E-state index contributed by atoms with van der Waals surface area (Å²) in [4.78, 5) is 2.52. The van der Waals surface area contributed by atoms with Crippen molar-refractivity contribution in [1.29, 1.82) is 0 Å². The lowest BCUT2D eigenvalue weighted by molar-refractivity contribution is 0.563. The highest BCUT2D eigenvalue weighted by molar-refractivity contribution is 6.16. The summed E-state index contributed by atoms with van der Waals surface area (Å²) in [6.45, 7) is 2.30. The number of anilines is 3. The summed E-state index contributed by atoms with van der Waals surface area (Å²) < 4.78 is 9.02. The normalized spacial score (nSPS) is 13.5. The molecule has 0 bridgehead atoms. The Hall–Kier alpha value is -8.66. The maximum atomic E-state index is 6.62. The molecule has 3 nitrogen and oxygen atoms in total. The van der Waals surface area contributed by atoms with Crippen LogP contribution in [0.3, 0.4) is 0 Å². The molecule has 322 valence electrons. The Balaban J connectivity index is 1.09. The van der Waals surface area contributed by atoms with Crippen molar-refractivity contribution in [2.75, 3.05) is 4.90 Å². The van der Waals surface area contributed by atoms with E-state index >= 15 is 0 Å². The first-order chi connectivity index (χ1) is 33.7. The fraction of sp³-hybridized carbons (Fsp3) is 0.0462. The number of hydrogen-bond acceptors (Lipinski definition) is 2. The van der Waals surface area contributed by atoms with E-state index in [1.165, 1.54) is 71.2 Å². The Kier molecular flexibility index (Phi) is 9.54. The van der Waals surface area contributed by atoms with Crippen molar-refractivity contribution in [3.8, 4) is 39.1 Å². The topological polar surface area (TPSA) is 21.3 Å². The van der Waals surface area contributed by atoms with Gasteiger partial charge in [-0.05, 0) is 117 Å². The number of furan rings is 1. The molecule has 2 heterocycles. The van der Waals surface area contributed by atoms with Gasteiger partial charge in [0.05, 0.1) is 22.4 Å². The average molecular weight is 871 g/mol.